The van der Waals surface area contributed by atoms with E-state index in [1.165, 1.54) is 11.1 Å². The summed E-state index contributed by atoms with van der Waals surface area (Å²) in [5, 5.41) is 5.32. The van der Waals surface area contributed by atoms with Crippen LogP contribution in [0.3, 0.4) is 0 Å². The van der Waals surface area contributed by atoms with E-state index in [1.54, 1.807) is 0 Å². The van der Waals surface area contributed by atoms with Crippen LogP contribution in [0.25, 0.3) is 22.3 Å². The molecule has 0 radical (unpaired) electrons. The van der Waals surface area contributed by atoms with E-state index in [9.17, 15) is 0 Å². The highest BCUT2D eigenvalue weighted by Gasteiger charge is 2.15. The zero-order valence-electron chi connectivity index (χ0n) is 18.2. The number of benzene rings is 4. The summed E-state index contributed by atoms with van der Waals surface area (Å²) in [7, 11) is 0. The first-order valence-corrected chi connectivity index (χ1v) is 11.5. The van der Waals surface area contributed by atoms with E-state index >= 15 is 0 Å². The Morgan fingerprint density at radius 2 is 1.27 bits per heavy atom. The lowest BCUT2D eigenvalue weighted by Crippen LogP contribution is -2.11. The van der Waals surface area contributed by atoms with Crippen LogP contribution in [0.2, 0.25) is 5.02 Å². The predicted molar refractivity (Wildman–Crippen MR) is 138 cm³/mol. The molecule has 162 valence electrons. The van der Waals surface area contributed by atoms with Crippen LogP contribution in [0.5, 0.6) is 0 Å². The third-order valence-corrected chi connectivity index (χ3v) is 6.09. The van der Waals surface area contributed by atoms with Crippen molar-refractivity contribution >= 4 is 28.3 Å². The zero-order valence-corrected chi connectivity index (χ0v) is 18.9. The molecule has 0 amide bonds. The van der Waals surface area contributed by atoms with Gasteiger partial charge in [0.2, 0.25) is 0 Å². The monoisotopic (exact) mass is 449 g/mol. The van der Waals surface area contributed by atoms with E-state index in [4.69, 9.17) is 21.6 Å². The van der Waals surface area contributed by atoms with Crippen molar-refractivity contribution in [3.63, 3.8) is 0 Å². The van der Waals surface area contributed by atoms with E-state index in [2.05, 4.69) is 72.0 Å². The predicted octanol–water partition coefficient (Wildman–Crippen LogP) is 7.58. The molecule has 0 unspecified atom stereocenters. The number of aromatic nitrogens is 2. The van der Waals surface area contributed by atoms with Crippen LogP contribution in [-0.4, -0.2) is 16.5 Å². The van der Waals surface area contributed by atoms with Gasteiger partial charge in [0.05, 0.1) is 5.52 Å². The van der Waals surface area contributed by atoms with Crippen LogP contribution in [0.15, 0.2) is 109 Å². The fourth-order valence-electron chi connectivity index (χ4n) is 4.17. The second-order valence-electron chi connectivity index (χ2n) is 8.01. The number of nitrogens with one attached hydrogen (secondary N) is 1. The first-order valence-electron chi connectivity index (χ1n) is 11.1. The number of para-hydroxylation sites is 1. The molecule has 0 aliphatic heterocycles. The van der Waals surface area contributed by atoms with Crippen LogP contribution >= 0.6 is 11.6 Å². The van der Waals surface area contributed by atoms with Gasteiger partial charge in [-0.25, -0.2) is 9.97 Å². The summed E-state index contributed by atoms with van der Waals surface area (Å²) >= 11 is 6.07. The molecule has 0 fully saturated rings. The fraction of sp³-hybridized carbons (Fsp3) is 0.103. The van der Waals surface area contributed by atoms with Gasteiger partial charge < -0.3 is 5.32 Å². The van der Waals surface area contributed by atoms with Gasteiger partial charge in [0.15, 0.2) is 5.82 Å². The van der Waals surface area contributed by atoms with Crippen molar-refractivity contribution in [2.24, 2.45) is 0 Å². The Kier molecular flexibility index (Phi) is 6.32. The van der Waals surface area contributed by atoms with Crippen LogP contribution in [-0.2, 0) is 0 Å². The molecule has 3 nitrogen and oxygen atoms in total. The highest BCUT2D eigenvalue weighted by molar-refractivity contribution is 6.30. The van der Waals surface area contributed by atoms with E-state index in [0.29, 0.717) is 16.8 Å². The molecule has 1 heterocycles. The molecule has 4 heteroatoms. The van der Waals surface area contributed by atoms with E-state index in [1.807, 2.05) is 42.5 Å². The molecular weight excluding hydrogens is 426 g/mol. The third kappa shape index (κ3) is 4.89. The average Bonchev–Trinajstić information content (AvgIpc) is 2.88. The maximum atomic E-state index is 6.07. The van der Waals surface area contributed by atoms with Crippen molar-refractivity contribution in [2.45, 2.75) is 12.3 Å². The Hall–Kier alpha value is -3.69. The van der Waals surface area contributed by atoms with Gasteiger partial charge in [0.1, 0.15) is 5.82 Å². The molecule has 0 aliphatic carbocycles. The van der Waals surface area contributed by atoms with E-state index in [-0.39, 0.29) is 0 Å². The molecule has 0 aliphatic rings. The molecule has 0 atom stereocenters. The molecule has 0 spiro atoms. The first-order chi connectivity index (χ1) is 16.3. The number of anilines is 1. The van der Waals surface area contributed by atoms with Crippen molar-refractivity contribution in [3.8, 4) is 11.4 Å². The summed E-state index contributed by atoms with van der Waals surface area (Å²) in [5.74, 6) is 1.85. The smallest absolute Gasteiger partial charge is 0.162 e. The van der Waals surface area contributed by atoms with Gasteiger partial charge in [-0.2, -0.15) is 0 Å². The van der Waals surface area contributed by atoms with E-state index in [0.717, 1.165) is 35.2 Å². The molecule has 4 aromatic carbocycles. The molecule has 5 rings (SSSR count). The molecule has 1 N–H and O–H groups in total. The summed E-state index contributed by atoms with van der Waals surface area (Å²) in [6.45, 7) is 0.787. The lowest BCUT2D eigenvalue weighted by Gasteiger charge is -2.19. The molecule has 5 aromatic rings. The number of fused-ring (bicyclic) bond motifs is 1. The maximum Gasteiger partial charge on any atom is 0.162 e. The lowest BCUT2D eigenvalue weighted by atomic mass is 9.88. The van der Waals surface area contributed by atoms with Crippen molar-refractivity contribution < 1.29 is 0 Å². The SMILES string of the molecule is Clc1ccc(-c2nc(NCCC(c3ccccc3)c3ccccc3)c3ccccc3n2)cc1. The van der Waals surface area contributed by atoms with Crippen molar-refractivity contribution in [2.75, 3.05) is 11.9 Å². The van der Waals surface area contributed by atoms with Gasteiger partial charge in [0.25, 0.3) is 0 Å². The van der Waals surface area contributed by atoms with E-state index < -0.39 is 0 Å². The summed E-state index contributed by atoms with van der Waals surface area (Å²) in [6, 6.07) is 37.1. The summed E-state index contributed by atoms with van der Waals surface area (Å²) < 4.78 is 0. The molecule has 33 heavy (non-hydrogen) atoms. The van der Waals surface area contributed by atoms with Crippen LogP contribution < -0.4 is 5.32 Å². The number of hydrogen-bond acceptors (Lipinski definition) is 3. The Morgan fingerprint density at radius 3 is 1.94 bits per heavy atom. The minimum Gasteiger partial charge on any atom is -0.369 e. The number of rotatable bonds is 7. The van der Waals surface area contributed by atoms with Crippen LogP contribution in [0.4, 0.5) is 5.82 Å². The summed E-state index contributed by atoms with van der Waals surface area (Å²) in [5.41, 5.74) is 4.50. The Bertz CT molecular complexity index is 1300. The minimum atomic E-state index is 0.309. The molecule has 0 bridgehead atoms. The van der Waals surface area contributed by atoms with Crippen molar-refractivity contribution in [1.82, 2.24) is 9.97 Å². The Balaban J connectivity index is 1.43. The highest BCUT2D eigenvalue weighted by Crippen LogP contribution is 2.29. The van der Waals surface area contributed by atoms with Gasteiger partial charge in [-0.3, -0.25) is 0 Å². The van der Waals surface area contributed by atoms with Crippen LogP contribution in [0, 0.1) is 0 Å². The highest BCUT2D eigenvalue weighted by atomic mass is 35.5. The van der Waals surface area contributed by atoms with Gasteiger partial charge in [-0.1, -0.05) is 84.4 Å². The molecular formula is C29H24ClN3. The largest absolute Gasteiger partial charge is 0.369 e. The standard InChI is InChI=1S/C29H24ClN3/c30-24-17-15-23(16-18-24)28-32-27-14-8-7-13-26(27)29(33-28)31-20-19-25(21-9-3-1-4-10-21)22-11-5-2-6-12-22/h1-18,25H,19-20H2,(H,31,32,33). The van der Waals surface area contributed by atoms with Gasteiger partial charge in [-0.15, -0.1) is 0 Å². The molecule has 0 saturated heterocycles. The number of nitrogens with zero attached hydrogens (tertiary/aromatic N) is 2. The van der Waals surface area contributed by atoms with Gasteiger partial charge in [-0.05, 0) is 53.9 Å². The second-order valence-corrected chi connectivity index (χ2v) is 8.45. The van der Waals surface area contributed by atoms with Crippen molar-refractivity contribution in [3.05, 3.63) is 125 Å². The Morgan fingerprint density at radius 1 is 0.667 bits per heavy atom. The lowest BCUT2D eigenvalue weighted by molar-refractivity contribution is 0.743. The second kappa shape index (κ2) is 9.85. The Labute approximate surface area is 199 Å². The van der Waals surface area contributed by atoms with Gasteiger partial charge >= 0.3 is 0 Å². The topological polar surface area (TPSA) is 37.8 Å². The normalized spacial score (nSPS) is 11.1. The summed E-state index contributed by atoms with van der Waals surface area (Å²) in [4.78, 5) is 9.66. The fourth-order valence-corrected chi connectivity index (χ4v) is 4.30. The maximum absolute atomic E-state index is 6.07. The zero-order chi connectivity index (χ0) is 22.5. The average molecular weight is 450 g/mol. The molecule has 1 aromatic heterocycles. The number of hydrogen-bond donors (Lipinski definition) is 1. The third-order valence-electron chi connectivity index (χ3n) is 5.83. The quantitative estimate of drug-likeness (QED) is 0.278. The molecule has 0 saturated carbocycles. The summed E-state index contributed by atoms with van der Waals surface area (Å²) in [6.07, 6.45) is 0.947. The van der Waals surface area contributed by atoms with Gasteiger partial charge in [0, 0.05) is 28.4 Å². The number of halogens is 1. The first kappa shape index (κ1) is 21.2. The van der Waals surface area contributed by atoms with Crippen LogP contribution in [0.1, 0.15) is 23.5 Å². The van der Waals surface area contributed by atoms with Crippen molar-refractivity contribution in [1.29, 1.82) is 0 Å². The minimum absolute atomic E-state index is 0.309.